The molecule has 0 spiro atoms. The third-order valence-electron chi connectivity index (χ3n) is 6.00. The number of carbonyl (C=O) groups is 2. The van der Waals surface area contributed by atoms with Crippen LogP contribution in [0.2, 0.25) is 0 Å². The second kappa shape index (κ2) is 8.66. The smallest absolute Gasteiger partial charge is 0.227 e. The molecule has 0 unspecified atom stereocenters. The molecule has 0 saturated carbocycles. The van der Waals surface area contributed by atoms with Crippen LogP contribution in [0.1, 0.15) is 43.5 Å². The number of methoxy groups -OCH3 is 1. The topological polar surface area (TPSA) is 101 Å². The lowest BCUT2D eigenvalue weighted by molar-refractivity contribution is -0.135. The summed E-state index contributed by atoms with van der Waals surface area (Å²) in [7, 11) is 1.61. The van der Waals surface area contributed by atoms with Crippen LogP contribution >= 0.6 is 0 Å². The van der Waals surface area contributed by atoms with Crippen LogP contribution in [0.4, 0.5) is 0 Å². The Bertz CT molecular complexity index is 955. The minimum Gasteiger partial charge on any atom is -0.497 e. The van der Waals surface area contributed by atoms with E-state index in [0.29, 0.717) is 50.7 Å². The van der Waals surface area contributed by atoms with Gasteiger partial charge in [-0.3, -0.25) is 9.59 Å². The van der Waals surface area contributed by atoms with E-state index in [9.17, 15) is 14.7 Å². The van der Waals surface area contributed by atoms with Crippen LogP contribution < -0.4 is 4.74 Å². The molecule has 9 nitrogen and oxygen atoms in total. The highest BCUT2D eigenvalue weighted by Crippen LogP contribution is 2.33. The molecule has 9 heteroatoms. The van der Waals surface area contributed by atoms with Gasteiger partial charge in [0, 0.05) is 32.0 Å². The minimum absolute atomic E-state index is 0.00556. The maximum Gasteiger partial charge on any atom is 0.227 e. The lowest BCUT2D eigenvalue weighted by Gasteiger charge is -2.30. The fraction of sp³-hybridized carbons (Fsp3) is 0.545. The maximum absolute atomic E-state index is 12.8. The van der Waals surface area contributed by atoms with Gasteiger partial charge in [0.25, 0.3) is 0 Å². The first-order valence-corrected chi connectivity index (χ1v) is 10.7. The van der Waals surface area contributed by atoms with Crippen molar-refractivity contribution in [2.24, 2.45) is 5.92 Å². The normalized spacial score (nSPS) is 20.8. The summed E-state index contributed by atoms with van der Waals surface area (Å²) in [6, 6.07) is 7.21. The van der Waals surface area contributed by atoms with Gasteiger partial charge in [0.05, 0.1) is 32.2 Å². The number of aliphatic hydroxyl groups is 1. The molecule has 1 N–H and O–H groups in total. The van der Waals surface area contributed by atoms with E-state index in [1.807, 2.05) is 42.7 Å². The number of rotatable bonds is 5. The van der Waals surface area contributed by atoms with E-state index in [2.05, 4.69) is 10.2 Å². The SMILES string of the molecule is COc1ccc(CC(=O)N2CCn3c(nnc3[C@@H]3C[C@@H](O)CN3C(=O)C(C)C)C2)cc1. The Morgan fingerprint density at radius 3 is 2.61 bits per heavy atom. The predicted octanol–water partition coefficient (Wildman–Crippen LogP) is 1.16. The highest BCUT2D eigenvalue weighted by atomic mass is 16.5. The van der Waals surface area contributed by atoms with Crippen LogP contribution in [0.25, 0.3) is 0 Å². The second-order valence-corrected chi connectivity index (χ2v) is 8.52. The summed E-state index contributed by atoms with van der Waals surface area (Å²) in [6.07, 6.45) is 0.208. The fourth-order valence-corrected chi connectivity index (χ4v) is 4.30. The maximum atomic E-state index is 12.8. The quantitative estimate of drug-likeness (QED) is 0.769. The van der Waals surface area contributed by atoms with Crippen LogP contribution in [0.3, 0.4) is 0 Å². The summed E-state index contributed by atoms with van der Waals surface area (Å²) < 4.78 is 7.16. The molecule has 1 aromatic heterocycles. The number of hydrogen-bond donors (Lipinski definition) is 1. The summed E-state index contributed by atoms with van der Waals surface area (Å²) in [4.78, 5) is 28.9. The van der Waals surface area contributed by atoms with Gasteiger partial charge in [-0.05, 0) is 17.7 Å². The highest BCUT2D eigenvalue weighted by Gasteiger charge is 2.40. The summed E-state index contributed by atoms with van der Waals surface area (Å²) >= 11 is 0. The first kappa shape index (κ1) is 21.3. The molecule has 0 aliphatic carbocycles. The Hall–Kier alpha value is -2.94. The molecule has 2 aromatic rings. The molecule has 1 fully saturated rings. The summed E-state index contributed by atoms with van der Waals surface area (Å²) in [6.45, 7) is 5.54. The average Bonchev–Trinajstić information content (AvgIpc) is 3.36. The number of nitrogens with zero attached hydrogens (tertiary/aromatic N) is 5. The number of likely N-dealkylation sites (tertiary alicyclic amines) is 1. The van der Waals surface area contributed by atoms with E-state index in [0.717, 1.165) is 11.3 Å². The number of β-amino-alcohol motifs (C(OH)–C–C–N with tert-alkyl or cyclic N) is 1. The van der Waals surface area contributed by atoms with E-state index in [1.165, 1.54) is 0 Å². The molecular formula is C22H29N5O4. The number of hydrogen-bond acceptors (Lipinski definition) is 6. The lowest BCUT2D eigenvalue weighted by atomic mass is 10.1. The van der Waals surface area contributed by atoms with Gasteiger partial charge < -0.3 is 24.2 Å². The van der Waals surface area contributed by atoms with E-state index in [1.54, 1.807) is 16.9 Å². The molecule has 2 aliphatic heterocycles. The Labute approximate surface area is 181 Å². The van der Waals surface area contributed by atoms with Gasteiger partial charge in [-0.15, -0.1) is 10.2 Å². The Balaban J connectivity index is 1.46. The molecule has 2 aliphatic rings. The third kappa shape index (κ3) is 4.27. The summed E-state index contributed by atoms with van der Waals surface area (Å²) in [5, 5.41) is 18.8. The zero-order valence-corrected chi connectivity index (χ0v) is 18.2. The van der Waals surface area contributed by atoms with E-state index in [-0.39, 0.29) is 23.8 Å². The number of carbonyl (C=O) groups excluding carboxylic acids is 2. The highest BCUT2D eigenvalue weighted by molar-refractivity contribution is 5.79. The van der Waals surface area contributed by atoms with Gasteiger partial charge in [0.15, 0.2) is 11.6 Å². The number of aromatic nitrogens is 3. The summed E-state index contributed by atoms with van der Waals surface area (Å²) in [5.74, 6) is 2.06. The van der Waals surface area contributed by atoms with Crippen molar-refractivity contribution in [1.82, 2.24) is 24.6 Å². The van der Waals surface area contributed by atoms with Gasteiger partial charge in [-0.25, -0.2) is 0 Å². The molecule has 3 heterocycles. The van der Waals surface area contributed by atoms with E-state index in [4.69, 9.17) is 4.74 Å². The van der Waals surface area contributed by atoms with Crippen molar-refractivity contribution >= 4 is 11.8 Å². The summed E-state index contributed by atoms with van der Waals surface area (Å²) in [5.41, 5.74) is 0.932. The average molecular weight is 428 g/mol. The standard InChI is InChI=1S/C22H29N5O4/c1-14(2)22(30)27-12-16(28)11-18(27)21-24-23-19-13-25(8-9-26(19)21)20(29)10-15-4-6-17(31-3)7-5-15/h4-7,14,16,18,28H,8-13H2,1-3H3/t16-,18+/m1/s1. The molecule has 4 rings (SSSR count). The molecule has 1 aromatic carbocycles. The van der Waals surface area contributed by atoms with Gasteiger partial charge >= 0.3 is 0 Å². The van der Waals surface area contributed by atoms with Gasteiger partial charge in [0.1, 0.15) is 5.75 Å². The number of amides is 2. The number of ether oxygens (including phenoxy) is 1. The fourth-order valence-electron chi connectivity index (χ4n) is 4.30. The van der Waals surface area contributed by atoms with Crippen LogP contribution in [0.15, 0.2) is 24.3 Å². The second-order valence-electron chi connectivity index (χ2n) is 8.52. The number of fused-ring (bicyclic) bond motifs is 1. The van der Waals surface area contributed by atoms with Crippen molar-refractivity contribution in [2.45, 2.75) is 51.9 Å². The Kier molecular flexibility index (Phi) is 5.95. The Morgan fingerprint density at radius 2 is 1.94 bits per heavy atom. The minimum atomic E-state index is -0.563. The van der Waals surface area contributed by atoms with Crippen molar-refractivity contribution in [3.05, 3.63) is 41.5 Å². The van der Waals surface area contributed by atoms with Crippen LogP contribution in [0, 0.1) is 5.92 Å². The largest absolute Gasteiger partial charge is 0.497 e. The van der Waals surface area contributed by atoms with Crippen LogP contribution in [0.5, 0.6) is 5.75 Å². The Morgan fingerprint density at radius 1 is 1.19 bits per heavy atom. The van der Waals surface area contributed by atoms with Crippen molar-refractivity contribution in [2.75, 3.05) is 20.2 Å². The molecule has 2 amide bonds. The molecular weight excluding hydrogens is 398 g/mol. The number of benzene rings is 1. The lowest BCUT2D eigenvalue weighted by Crippen LogP contribution is -2.40. The molecule has 1 saturated heterocycles. The molecule has 2 atom stereocenters. The van der Waals surface area contributed by atoms with Crippen molar-refractivity contribution in [3.8, 4) is 5.75 Å². The molecule has 166 valence electrons. The van der Waals surface area contributed by atoms with E-state index >= 15 is 0 Å². The molecule has 31 heavy (non-hydrogen) atoms. The van der Waals surface area contributed by atoms with Gasteiger partial charge in [-0.1, -0.05) is 26.0 Å². The molecule has 0 bridgehead atoms. The van der Waals surface area contributed by atoms with E-state index < -0.39 is 6.10 Å². The van der Waals surface area contributed by atoms with Crippen LogP contribution in [-0.2, 0) is 29.1 Å². The van der Waals surface area contributed by atoms with Crippen molar-refractivity contribution in [1.29, 1.82) is 0 Å². The predicted molar refractivity (Wildman–Crippen MR) is 112 cm³/mol. The zero-order chi connectivity index (χ0) is 22.1. The van der Waals surface area contributed by atoms with Crippen molar-refractivity contribution in [3.63, 3.8) is 0 Å². The van der Waals surface area contributed by atoms with Gasteiger partial charge in [-0.2, -0.15) is 0 Å². The van der Waals surface area contributed by atoms with Crippen LogP contribution in [-0.4, -0.2) is 67.8 Å². The first-order chi connectivity index (χ1) is 14.9. The monoisotopic (exact) mass is 427 g/mol. The van der Waals surface area contributed by atoms with Crippen molar-refractivity contribution < 1.29 is 19.4 Å². The zero-order valence-electron chi connectivity index (χ0n) is 18.2. The van der Waals surface area contributed by atoms with Gasteiger partial charge in [0.2, 0.25) is 11.8 Å². The first-order valence-electron chi connectivity index (χ1n) is 10.7. The number of aliphatic hydroxyl groups excluding tert-OH is 1. The molecule has 0 radical (unpaired) electrons. The third-order valence-corrected chi connectivity index (χ3v) is 6.00.